The van der Waals surface area contributed by atoms with Gasteiger partial charge in [0.05, 0.1) is 0 Å². The molecule has 1 aliphatic heterocycles. The van der Waals surface area contributed by atoms with Gasteiger partial charge in [0.1, 0.15) is 4.88 Å². The number of nitrogens with one attached hydrogen (secondary N) is 1. The van der Waals surface area contributed by atoms with Gasteiger partial charge in [-0.1, -0.05) is 0 Å². The van der Waals surface area contributed by atoms with Crippen molar-refractivity contribution in [3.63, 3.8) is 0 Å². The highest BCUT2D eigenvalue weighted by Crippen LogP contribution is 2.31. The summed E-state index contributed by atoms with van der Waals surface area (Å²) in [6.07, 6.45) is 2.30. The standard InChI is InChI=1S/C10H13NO2S/c1-6-7(8-3-2-4-11-8)5-14-9(6)10(12)13/h5,8,11H,2-4H2,1H3,(H,12,13)/t8-/m0/s1. The van der Waals surface area contributed by atoms with E-state index in [1.807, 2.05) is 12.3 Å². The van der Waals surface area contributed by atoms with Gasteiger partial charge in [-0.2, -0.15) is 0 Å². The van der Waals surface area contributed by atoms with Crippen molar-refractivity contribution in [2.24, 2.45) is 0 Å². The van der Waals surface area contributed by atoms with Crippen molar-refractivity contribution in [3.05, 3.63) is 21.4 Å². The van der Waals surface area contributed by atoms with Gasteiger partial charge in [0, 0.05) is 6.04 Å². The first-order chi connectivity index (χ1) is 6.70. The second kappa shape index (κ2) is 3.71. The molecule has 0 unspecified atom stereocenters. The van der Waals surface area contributed by atoms with Crippen LogP contribution in [0.4, 0.5) is 0 Å². The zero-order valence-electron chi connectivity index (χ0n) is 8.04. The lowest BCUT2D eigenvalue weighted by Gasteiger charge is -2.09. The van der Waals surface area contributed by atoms with Crippen molar-refractivity contribution < 1.29 is 9.90 Å². The molecule has 14 heavy (non-hydrogen) atoms. The van der Waals surface area contributed by atoms with E-state index in [1.54, 1.807) is 0 Å². The Bertz CT molecular complexity index is 353. The Morgan fingerprint density at radius 3 is 3.00 bits per heavy atom. The van der Waals surface area contributed by atoms with Crippen LogP contribution in [-0.4, -0.2) is 17.6 Å². The predicted octanol–water partition coefficient (Wildman–Crippen LogP) is 2.18. The van der Waals surface area contributed by atoms with Gasteiger partial charge in [0.2, 0.25) is 0 Å². The molecule has 0 amide bonds. The van der Waals surface area contributed by atoms with Crippen molar-refractivity contribution in [3.8, 4) is 0 Å². The number of carboxylic acids is 1. The number of rotatable bonds is 2. The smallest absolute Gasteiger partial charge is 0.346 e. The van der Waals surface area contributed by atoms with E-state index in [-0.39, 0.29) is 0 Å². The van der Waals surface area contributed by atoms with E-state index in [0.717, 1.165) is 18.5 Å². The average Bonchev–Trinajstić information content (AvgIpc) is 2.71. The summed E-state index contributed by atoms with van der Waals surface area (Å²) in [6.45, 7) is 2.94. The summed E-state index contributed by atoms with van der Waals surface area (Å²) >= 11 is 1.33. The minimum Gasteiger partial charge on any atom is -0.477 e. The van der Waals surface area contributed by atoms with Crippen LogP contribution in [0.1, 0.15) is 39.7 Å². The average molecular weight is 211 g/mol. The Hall–Kier alpha value is -0.870. The van der Waals surface area contributed by atoms with E-state index in [1.165, 1.54) is 23.3 Å². The van der Waals surface area contributed by atoms with E-state index < -0.39 is 5.97 Å². The summed E-state index contributed by atoms with van der Waals surface area (Å²) in [4.78, 5) is 11.3. The van der Waals surface area contributed by atoms with Gasteiger partial charge in [-0.05, 0) is 42.8 Å². The van der Waals surface area contributed by atoms with Crippen LogP contribution in [0.5, 0.6) is 0 Å². The molecule has 2 heterocycles. The summed E-state index contributed by atoms with van der Waals surface area (Å²) in [7, 11) is 0. The maximum absolute atomic E-state index is 10.8. The van der Waals surface area contributed by atoms with Gasteiger partial charge < -0.3 is 10.4 Å². The van der Waals surface area contributed by atoms with E-state index in [2.05, 4.69) is 5.32 Å². The van der Waals surface area contributed by atoms with Gasteiger partial charge >= 0.3 is 5.97 Å². The first-order valence-electron chi connectivity index (χ1n) is 4.75. The molecule has 4 heteroatoms. The second-order valence-corrected chi connectivity index (χ2v) is 4.48. The van der Waals surface area contributed by atoms with E-state index in [9.17, 15) is 4.79 Å². The molecule has 3 nitrogen and oxygen atoms in total. The highest BCUT2D eigenvalue weighted by molar-refractivity contribution is 7.12. The lowest BCUT2D eigenvalue weighted by molar-refractivity contribution is 0.0701. The van der Waals surface area contributed by atoms with Crippen molar-refractivity contribution in [1.29, 1.82) is 0 Å². The molecule has 1 aromatic heterocycles. The number of hydrogen-bond donors (Lipinski definition) is 2. The van der Waals surface area contributed by atoms with Crippen molar-refractivity contribution in [2.45, 2.75) is 25.8 Å². The van der Waals surface area contributed by atoms with E-state index >= 15 is 0 Å². The Labute approximate surface area is 86.8 Å². The number of thiophene rings is 1. The molecule has 1 aliphatic rings. The minimum absolute atomic E-state index is 0.374. The van der Waals surface area contributed by atoms with Crippen LogP contribution in [0.2, 0.25) is 0 Å². The zero-order valence-corrected chi connectivity index (χ0v) is 8.86. The molecular weight excluding hydrogens is 198 g/mol. The molecule has 0 spiro atoms. The molecule has 0 radical (unpaired) electrons. The monoisotopic (exact) mass is 211 g/mol. The first-order valence-corrected chi connectivity index (χ1v) is 5.63. The fourth-order valence-corrected chi connectivity index (χ4v) is 2.92. The minimum atomic E-state index is -0.809. The van der Waals surface area contributed by atoms with E-state index in [0.29, 0.717) is 10.9 Å². The highest BCUT2D eigenvalue weighted by Gasteiger charge is 2.22. The third-order valence-corrected chi connectivity index (χ3v) is 3.80. The summed E-state index contributed by atoms with van der Waals surface area (Å²) in [5.41, 5.74) is 2.10. The number of aromatic carboxylic acids is 1. The van der Waals surface area contributed by atoms with Gasteiger partial charge in [-0.3, -0.25) is 0 Å². The van der Waals surface area contributed by atoms with Gasteiger partial charge in [0.15, 0.2) is 0 Å². The Balaban J connectivity index is 2.30. The molecule has 2 rings (SSSR count). The van der Waals surface area contributed by atoms with Gasteiger partial charge in [0.25, 0.3) is 0 Å². The summed E-state index contributed by atoms with van der Waals surface area (Å²) in [5, 5.41) is 14.3. The van der Waals surface area contributed by atoms with Crippen LogP contribution < -0.4 is 5.32 Å². The van der Waals surface area contributed by atoms with Gasteiger partial charge in [-0.25, -0.2) is 4.79 Å². The normalized spacial score (nSPS) is 21.4. The van der Waals surface area contributed by atoms with E-state index in [4.69, 9.17) is 5.11 Å². The maximum atomic E-state index is 10.8. The fourth-order valence-electron chi connectivity index (χ4n) is 1.93. The summed E-state index contributed by atoms with van der Waals surface area (Å²) in [6, 6.07) is 0.374. The molecule has 76 valence electrons. The maximum Gasteiger partial charge on any atom is 0.346 e. The molecule has 1 fully saturated rings. The van der Waals surface area contributed by atoms with Crippen LogP contribution in [0.3, 0.4) is 0 Å². The predicted molar refractivity (Wildman–Crippen MR) is 56.0 cm³/mol. The Morgan fingerprint density at radius 2 is 2.50 bits per heavy atom. The molecule has 1 saturated heterocycles. The van der Waals surface area contributed by atoms with Crippen LogP contribution in [-0.2, 0) is 0 Å². The number of carbonyl (C=O) groups is 1. The quantitative estimate of drug-likeness (QED) is 0.788. The van der Waals surface area contributed by atoms with Gasteiger partial charge in [-0.15, -0.1) is 11.3 Å². The third kappa shape index (κ3) is 1.55. The Kier molecular flexibility index (Phi) is 2.56. The lowest BCUT2D eigenvalue weighted by atomic mass is 10.0. The van der Waals surface area contributed by atoms with Crippen LogP contribution in [0.15, 0.2) is 5.38 Å². The number of carboxylic acid groups (broad SMARTS) is 1. The molecule has 1 aromatic rings. The van der Waals surface area contributed by atoms with Crippen LogP contribution >= 0.6 is 11.3 Å². The largest absolute Gasteiger partial charge is 0.477 e. The highest BCUT2D eigenvalue weighted by atomic mass is 32.1. The molecule has 0 aromatic carbocycles. The first kappa shape index (κ1) is 9.68. The van der Waals surface area contributed by atoms with Crippen molar-refractivity contribution in [1.82, 2.24) is 5.32 Å². The fraction of sp³-hybridized carbons (Fsp3) is 0.500. The van der Waals surface area contributed by atoms with Crippen LogP contribution in [0.25, 0.3) is 0 Å². The summed E-state index contributed by atoms with van der Waals surface area (Å²) in [5.74, 6) is -0.809. The number of hydrogen-bond acceptors (Lipinski definition) is 3. The van der Waals surface area contributed by atoms with Crippen LogP contribution in [0, 0.1) is 6.92 Å². The zero-order chi connectivity index (χ0) is 10.1. The lowest BCUT2D eigenvalue weighted by Crippen LogP contribution is -2.13. The molecule has 1 atom stereocenters. The summed E-state index contributed by atoms with van der Waals surface area (Å²) < 4.78 is 0. The Morgan fingerprint density at radius 1 is 1.71 bits per heavy atom. The topological polar surface area (TPSA) is 49.3 Å². The third-order valence-electron chi connectivity index (χ3n) is 2.71. The molecule has 2 N–H and O–H groups in total. The van der Waals surface area contributed by atoms with Crippen molar-refractivity contribution >= 4 is 17.3 Å². The SMILES string of the molecule is Cc1c([C@@H]2CCCN2)csc1C(=O)O. The van der Waals surface area contributed by atoms with Crippen molar-refractivity contribution in [2.75, 3.05) is 6.54 Å². The molecular formula is C10H13NO2S. The molecule has 0 bridgehead atoms. The molecule has 0 aliphatic carbocycles. The second-order valence-electron chi connectivity index (χ2n) is 3.60. The molecule has 0 saturated carbocycles.